The molecule has 8 heteroatoms. The quantitative estimate of drug-likeness (QED) is 0.609. The van der Waals surface area contributed by atoms with Gasteiger partial charge in [0, 0.05) is 11.6 Å². The minimum absolute atomic E-state index is 0.297. The second-order valence-electron chi connectivity index (χ2n) is 5.19. The van der Waals surface area contributed by atoms with E-state index >= 15 is 0 Å². The number of carboxylic acid groups (broad SMARTS) is 1. The molecule has 0 unspecified atom stereocenters. The number of hydrogen-bond acceptors (Lipinski definition) is 5. The summed E-state index contributed by atoms with van der Waals surface area (Å²) in [5, 5.41) is 20.6. The third-order valence-corrected chi connectivity index (χ3v) is 3.58. The summed E-state index contributed by atoms with van der Waals surface area (Å²) in [6.07, 6.45) is 0.934. The normalized spacial score (nSPS) is 11.2. The Kier molecular flexibility index (Phi) is 4.17. The first-order valence-corrected chi connectivity index (χ1v) is 7.27. The fraction of sp³-hybridized carbons (Fsp3) is 0.0588. The molecule has 2 aromatic carbocycles. The number of aliphatic carboxylic acids is 1. The van der Waals surface area contributed by atoms with Crippen LogP contribution < -0.4 is 11.2 Å². The van der Waals surface area contributed by atoms with Crippen LogP contribution in [0.25, 0.3) is 16.5 Å². The van der Waals surface area contributed by atoms with E-state index < -0.39 is 29.6 Å². The van der Waals surface area contributed by atoms with Crippen LogP contribution in [0.15, 0.2) is 57.0 Å². The minimum Gasteiger partial charge on any atom is -0.493 e. The van der Waals surface area contributed by atoms with Crippen molar-refractivity contribution in [3.05, 3.63) is 68.9 Å². The van der Waals surface area contributed by atoms with Crippen LogP contribution in [0, 0.1) is 0 Å². The molecule has 0 aliphatic rings. The number of nitrogens with one attached hydrogen (secondary N) is 1. The van der Waals surface area contributed by atoms with Gasteiger partial charge >= 0.3 is 11.7 Å². The summed E-state index contributed by atoms with van der Waals surface area (Å²) in [4.78, 5) is 40.4. The van der Waals surface area contributed by atoms with Crippen molar-refractivity contribution in [3.63, 3.8) is 0 Å². The van der Waals surface area contributed by atoms with Crippen LogP contribution in [0.5, 0.6) is 5.88 Å². The van der Waals surface area contributed by atoms with Crippen LogP contribution in [-0.4, -0.2) is 38.5 Å². The van der Waals surface area contributed by atoms with Gasteiger partial charge in [-0.2, -0.15) is 0 Å². The van der Waals surface area contributed by atoms with Gasteiger partial charge in [0.2, 0.25) is 5.88 Å². The number of fused-ring (bicyclic) bond motifs is 1. The Morgan fingerprint density at radius 2 is 1.88 bits per heavy atom. The number of aliphatic imine (C=N–C) groups is 1. The maximum atomic E-state index is 12.2. The fourth-order valence-corrected chi connectivity index (χ4v) is 2.50. The molecule has 8 nitrogen and oxygen atoms in total. The van der Waals surface area contributed by atoms with Gasteiger partial charge in [0.05, 0.1) is 5.69 Å². The van der Waals surface area contributed by atoms with Crippen molar-refractivity contribution in [1.82, 2.24) is 9.55 Å². The molecule has 0 amide bonds. The molecular weight excluding hydrogens is 326 g/mol. The molecule has 0 aliphatic carbocycles. The summed E-state index contributed by atoms with van der Waals surface area (Å²) in [6, 6.07) is 12.4. The summed E-state index contributed by atoms with van der Waals surface area (Å²) < 4.78 is 0.950. The van der Waals surface area contributed by atoms with Crippen molar-refractivity contribution in [3.8, 4) is 11.6 Å². The van der Waals surface area contributed by atoms with Crippen LogP contribution in [0.2, 0.25) is 0 Å². The number of carbonyl (C=O) groups is 1. The third-order valence-electron chi connectivity index (χ3n) is 3.58. The largest absolute Gasteiger partial charge is 0.493 e. The van der Waals surface area contributed by atoms with Crippen LogP contribution in [0.3, 0.4) is 0 Å². The maximum absolute atomic E-state index is 12.2. The molecule has 0 fully saturated rings. The fourth-order valence-electron chi connectivity index (χ4n) is 2.50. The zero-order valence-electron chi connectivity index (χ0n) is 12.8. The molecule has 0 saturated carbocycles. The zero-order valence-corrected chi connectivity index (χ0v) is 12.8. The van der Waals surface area contributed by atoms with Gasteiger partial charge in [0.1, 0.15) is 12.1 Å². The van der Waals surface area contributed by atoms with Crippen molar-refractivity contribution in [1.29, 1.82) is 0 Å². The van der Waals surface area contributed by atoms with Crippen LogP contribution in [-0.2, 0) is 4.79 Å². The molecular formula is C17H13N3O5. The standard InChI is InChI=1S/C17H13N3O5/c21-14(22)9-18-8-12-15(23)19-17(25)20(16(12)24)13-7-3-5-10-4-1-2-6-11(10)13/h1-8,24H,9H2,(H,21,22)(H,19,23,25). The molecule has 3 rings (SSSR count). The second kappa shape index (κ2) is 6.44. The first kappa shape index (κ1) is 16.2. The highest BCUT2D eigenvalue weighted by molar-refractivity contribution is 5.91. The Morgan fingerprint density at radius 1 is 1.16 bits per heavy atom. The Morgan fingerprint density at radius 3 is 2.64 bits per heavy atom. The Balaban J connectivity index is 2.26. The molecule has 126 valence electrons. The van der Waals surface area contributed by atoms with E-state index in [0.717, 1.165) is 16.2 Å². The molecule has 0 radical (unpaired) electrons. The predicted octanol–water partition coefficient (Wildman–Crippen LogP) is 0.888. The minimum atomic E-state index is -1.19. The van der Waals surface area contributed by atoms with Gasteiger partial charge in [-0.15, -0.1) is 0 Å². The van der Waals surface area contributed by atoms with Gasteiger partial charge in [0.15, 0.2) is 0 Å². The van der Waals surface area contributed by atoms with E-state index in [4.69, 9.17) is 5.11 Å². The van der Waals surface area contributed by atoms with Crippen LogP contribution in [0.4, 0.5) is 0 Å². The summed E-state index contributed by atoms with van der Waals surface area (Å²) in [5.74, 6) is -1.80. The first-order valence-electron chi connectivity index (χ1n) is 7.27. The molecule has 0 bridgehead atoms. The van der Waals surface area contributed by atoms with E-state index in [9.17, 15) is 19.5 Å². The summed E-state index contributed by atoms with van der Waals surface area (Å²) >= 11 is 0. The van der Waals surface area contributed by atoms with Gasteiger partial charge in [-0.3, -0.25) is 19.6 Å². The first-order chi connectivity index (χ1) is 12.0. The van der Waals surface area contributed by atoms with E-state index in [1.807, 2.05) is 18.2 Å². The molecule has 0 atom stereocenters. The number of hydrogen-bond donors (Lipinski definition) is 3. The highest BCUT2D eigenvalue weighted by Crippen LogP contribution is 2.24. The second-order valence-corrected chi connectivity index (χ2v) is 5.19. The van der Waals surface area contributed by atoms with Crippen molar-refractivity contribution < 1.29 is 15.0 Å². The van der Waals surface area contributed by atoms with E-state index in [1.165, 1.54) is 0 Å². The van der Waals surface area contributed by atoms with Crippen molar-refractivity contribution in [2.75, 3.05) is 6.54 Å². The summed E-state index contributed by atoms with van der Waals surface area (Å²) in [6.45, 7) is -0.563. The molecule has 3 aromatic rings. The Bertz CT molecular complexity index is 1110. The monoisotopic (exact) mass is 339 g/mol. The van der Waals surface area contributed by atoms with Gasteiger partial charge in [0.25, 0.3) is 5.56 Å². The number of aromatic amines is 1. The van der Waals surface area contributed by atoms with Gasteiger partial charge < -0.3 is 10.2 Å². The number of aromatic hydroxyl groups is 1. The number of aromatic nitrogens is 2. The van der Waals surface area contributed by atoms with Gasteiger partial charge in [-0.25, -0.2) is 9.36 Å². The molecule has 3 N–H and O–H groups in total. The summed E-state index contributed by atoms with van der Waals surface area (Å²) in [5.41, 5.74) is -1.58. The van der Waals surface area contributed by atoms with E-state index in [1.54, 1.807) is 24.3 Å². The predicted molar refractivity (Wildman–Crippen MR) is 91.9 cm³/mol. The SMILES string of the molecule is O=C(O)CN=Cc1c(O)n(-c2cccc3ccccc23)c(=O)[nH]c1=O. The molecule has 25 heavy (non-hydrogen) atoms. The topological polar surface area (TPSA) is 125 Å². The number of nitrogens with zero attached hydrogens (tertiary/aromatic N) is 2. The number of benzene rings is 2. The average molecular weight is 339 g/mol. The molecule has 0 spiro atoms. The van der Waals surface area contributed by atoms with Crippen LogP contribution >= 0.6 is 0 Å². The van der Waals surface area contributed by atoms with Crippen molar-refractivity contribution in [2.45, 2.75) is 0 Å². The lowest BCUT2D eigenvalue weighted by molar-refractivity contribution is -0.135. The lowest BCUT2D eigenvalue weighted by Crippen LogP contribution is -2.31. The average Bonchev–Trinajstić information content (AvgIpc) is 2.57. The van der Waals surface area contributed by atoms with Crippen molar-refractivity contribution in [2.24, 2.45) is 4.99 Å². The Hall–Kier alpha value is -3.68. The highest BCUT2D eigenvalue weighted by atomic mass is 16.4. The van der Waals surface area contributed by atoms with E-state index in [-0.39, 0.29) is 5.56 Å². The maximum Gasteiger partial charge on any atom is 0.335 e. The summed E-state index contributed by atoms with van der Waals surface area (Å²) in [7, 11) is 0. The Labute approximate surface area is 140 Å². The van der Waals surface area contributed by atoms with Gasteiger partial charge in [-0.1, -0.05) is 36.4 Å². The number of rotatable bonds is 4. The molecule has 0 saturated heterocycles. The van der Waals surface area contributed by atoms with Crippen LogP contribution in [0.1, 0.15) is 5.56 Å². The number of carboxylic acids is 1. The highest BCUT2D eigenvalue weighted by Gasteiger charge is 2.15. The third kappa shape index (κ3) is 3.05. The smallest absolute Gasteiger partial charge is 0.335 e. The molecule has 1 heterocycles. The van der Waals surface area contributed by atoms with E-state index in [2.05, 4.69) is 9.98 Å². The molecule has 0 aliphatic heterocycles. The lowest BCUT2D eigenvalue weighted by Gasteiger charge is -2.12. The zero-order chi connectivity index (χ0) is 18.0. The number of H-pyrrole nitrogens is 1. The van der Waals surface area contributed by atoms with E-state index in [0.29, 0.717) is 11.1 Å². The van der Waals surface area contributed by atoms with Gasteiger partial charge in [-0.05, 0) is 11.5 Å². The molecule has 1 aromatic heterocycles. The lowest BCUT2D eigenvalue weighted by atomic mass is 10.1. The van der Waals surface area contributed by atoms with Crippen molar-refractivity contribution >= 4 is 23.0 Å².